The number of nitrogens with zero attached hydrogens (tertiary/aromatic N) is 2. The van der Waals surface area contributed by atoms with Crippen molar-refractivity contribution in [2.24, 2.45) is 0 Å². The van der Waals surface area contributed by atoms with Crippen LogP contribution in [0.5, 0.6) is 17.2 Å². The van der Waals surface area contributed by atoms with Gasteiger partial charge in [0.15, 0.2) is 11.5 Å². The molecule has 0 bridgehead atoms. The zero-order chi connectivity index (χ0) is 16.8. The topological polar surface area (TPSA) is 81.6 Å². The number of halogens is 1. The summed E-state index contributed by atoms with van der Waals surface area (Å²) >= 11 is 0. The number of phenols is 2. The maximum absolute atomic E-state index is 13.0. The smallest absolute Gasteiger partial charge is 0.200 e. The van der Waals surface area contributed by atoms with E-state index in [-0.39, 0.29) is 17.2 Å². The van der Waals surface area contributed by atoms with Crippen molar-refractivity contribution in [2.45, 2.75) is 6.17 Å². The number of imidazole rings is 1. The monoisotopic (exact) mass is 329 g/mol. The molecule has 2 heterocycles. The van der Waals surface area contributed by atoms with Crippen LogP contribution in [0.1, 0.15) is 0 Å². The Labute approximate surface area is 137 Å². The third-order valence-electron chi connectivity index (χ3n) is 4.22. The van der Waals surface area contributed by atoms with Gasteiger partial charge >= 0.3 is 0 Å². The summed E-state index contributed by atoms with van der Waals surface area (Å²) in [5.41, 5.74) is 3.10. The molecule has 24 heavy (non-hydrogen) atoms. The lowest BCUT2D eigenvalue weighted by atomic mass is 10.1. The van der Waals surface area contributed by atoms with E-state index in [0.29, 0.717) is 24.5 Å². The van der Waals surface area contributed by atoms with Crippen molar-refractivity contribution < 1.29 is 19.3 Å². The van der Waals surface area contributed by atoms with Gasteiger partial charge in [-0.1, -0.05) is 0 Å². The van der Waals surface area contributed by atoms with Crippen LogP contribution >= 0.6 is 0 Å². The van der Waals surface area contributed by atoms with Crippen LogP contribution in [0, 0.1) is 0 Å². The molecule has 124 valence electrons. The van der Waals surface area contributed by atoms with Crippen molar-refractivity contribution in [3.05, 3.63) is 30.3 Å². The average Bonchev–Trinajstić information content (AvgIpc) is 2.97. The predicted molar refractivity (Wildman–Crippen MR) is 88.5 cm³/mol. The Morgan fingerprint density at radius 3 is 2.75 bits per heavy atom. The van der Waals surface area contributed by atoms with Crippen molar-refractivity contribution >= 4 is 16.7 Å². The normalized spacial score (nSPS) is 14.8. The number of methoxy groups -OCH3 is 1. The number of H-pyrrole nitrogens is 1. The Morgan fingerprint density at radius 1 is 1.25 bits per heavy atom. The maximum Gasteiger partial charge on any atom is 0.200 e. The highest BCUT2D eigenvalue weighted by atomic mass is 19.1. The molecule has 4 rings (SSSR count). The van der Waals surface area contributed by atoms with E-state index in [9.17, 15) is 14.6 Å². The summed E-state index contributed by atoms with van der Waals surface area (Å²) in [4.78, 5) is 9.65. The summed E-state index contributed by atoms with van der Waals surface area (Å²) < 4.78 is 18.1. The molecule has 1 aliphatic rings. The molecule has 3 N–H and O–H groups in total. The lowest BCUT2D eigenvalue weighted by Crippen LogP contribution is -2.48. The fraction of sp³-hybridized carbons (Fsp3) is 0.235. The molecular formula is C17H16FN3O3. The van der Waals surface area contributed by atoms with Crippen LogP contribution in [0.2, 0.25) is 0 Å². The van der Waals surface area contributed by atoms with Gasteiger partial charge in [0.05, 0.1) is 31.2 Å². The highest BCUT2D eigenvalue weighted by Crippen LogP contribution is 2.39. The Morgan fingerprint density at radius 2 is 2.04 bits per heavy atom. The molecule has 0 atom stereocenters. The second-order valence-electron chi connectivity index (χ2n) is 5.84. The summed E-state index contributed by atoms with van der Waals surface area (Å²) in [6.07, 6.45) is -0.761. The number of rotatable bonds is 3. The Hall–Kier alpha value is -2.96. The second kappa shape index (κ2) is 5.30. The summed E-state index contributed by atoms with van der Waals surface area (Å²) in [5, 5.41) is 19.5. The van der Waals surface area contributed by atoms with Crippen LogP contribution in [-0.4, -0.2) is 46.6 Å². The van der Waals surface area contributed by atoms with Crippen LogP contribution in [0.4, 0.5) is 10.1 Å². The van der Waals surface area contributed by atoms with E-state index in [1.807, 2.05) is 23.1 Å². The number of alkyl halides is 1. The number of aromatic amines is 1. The molecule has 0 radical (unpaired) electrons. The van der Waals surface area contributed by atoms with Crippen LogP contribution in [0.3, 0.4) is 0 Å². The largest absolute Gasteiger partial charge is 0.504 e. The van der Waals surface area contributed by atoms with Gasteiger partial charge in [0.25, 0.3) is 0 Å². The van der Waals surface area contributed by atoms with Crippen LogP contribution in [0.15, 0.2) is 30.3 Å². The number of ether oxygens (including phenoxy) is 1. The summed E-state index contributed by atoms with van der Waals surface area (Å²) in [6, 6.07) is 8.73. The molecular weight excluding hydrogens is 313 g/mol. The molecule has 7 heteroatoms. The van der Waals surface area contributed by atoms with Gasteiger partial charge < -0.3 is 24.8 Å². The quantitative estimate of drug-likeness (QED) is 0.644. The van der Waals surface area contributed by atoms with Gasteiger partial charge in [-0.3, -0.25) is 0 Å². The number of nitrogens with one attached hydrogen (secondary N) is 1. The Bertz CT molecular complexity index is 919. The molecule has 2 aromatic carbocycles. The lowest BCUT2D eigenvalue weighted by molar-refractivity contribution is 0.275. The summed E-state index contributed by atoms with van der Waals surface area (Å²) in [5.74, 6) is 0.127. The van der Waals surface area contributed by atoms with Gasteiger partial charge in [0.2, 0.25) is 5.75 Å². The fourth-order valence-corrected chi connectivity index (χ4v) is 2.85. The van der Waals surface area contributed by atoms with Crippen molar-refractivity contribution in [3.8, 4) is 28.6 Å². The number of aromatic hydroxyl groups is 2. The lowest BCUT2D eigenvalue weighted by Gasteiger charge is -2.36. The number of hydrogen-bond donors (Lipinski definition) is 3. The zero-order valence-electron chi connectivity index (χ0n) is 13.0. The summed E-state index contributed by atoms with van der Waals surface area (Å²) in [6.45, 7) is 0.817. The number of benzene rings is 2. The number of anilines is 1. The van der Waals surface area contributed by atoms with E-state index < -0.39 is 6.17 Å². The van der Waals surface area contributed by atoms with Gasteiger partial charge in [0, 0.05) is 11.3 Å². The van der Waals surface area contributed by atoms with E-state index >= 15 is 0 Å². The minimum Gasteiger partial charge on any atom is -0.504 e. The minimum absolute atomic E-state index is 0.167. The minimum atomic E-state index is -0.761. The fourth-order valence-electron chi connectivity index (χ4n) is 2.85. The van der Waals surface area contributed by atoms with E-state index in [2.05, 4.69) is 9.97 Å². The van der Waals surface area contributed by atoms with Gasteiger partial charge in [-0.2, -0.15) is 0 Å². The van der Waals surface area contributed by atoms with Crippen molar-refractivity contribution in [1.29, 1.82) is 0 Å². The molecule has 0 saturated carbocycles. The standard InChI is InChI=1S/C17H16FN3O3/c1-24-15-5-9(4-14(22)16(15)23)17-19-12-3-2-11(6-13(12)20-17)21-7-10(18)8-21/h2-6,10,22-23H,7-8H2,1H3,(H,19,20). The Kier molecular flexibility index (Phi) is 3.23. The molecule has 1 fully saturated rings. The van der Waals surface area contributed by atoms with E-state index in [4.69, 9.17) is 4.74 Å². The first kappa shape index (κ1) is 14.6. The zero-order valence-corrected chi connectivity index (χ0v) is 13.0. The molecule has 0 unspecified atom stereocenters. The van der Waals surface area contributed by atoms with E-state index in [1.165, 1.54) is 13.2 Å². The molecule has 6 nitrogen and oxygen atoms in total. The maximum atomic E-state index is 13.0. The first-order valence-electron chi connectivity index (χ1n) is 7.54. The van der Waals surface area contributed by atoms with Gasteiger partial charge in [-0.15, -0.1) is 0 Å². The van der Waals surface area contributed by atoms with Crippen LogP contribution in [0.25, 0.3) is 22.4 Å². The van der Waals surface area contributed by atoms with E-state index in [0.717, 1.165) is 16.7 Å². The first-order valence-corrected chi connectivity index (χ1v) is 7.54. The van der Waals surface area contributed by atoms with Crippen molar-refractivity contribution in [2.75, 3.05) is 25.1 Å². The average molecular weight is 329 g/mol. The predicted octanol–water partition coefficient (Wildman–Crippen LogP) is 2.81. The molecule has 0 amide bonds. The highest BCUT2D eigenvalue weighted by Gasteiger charge is 2.26. The molecule has 1 aromatic heterocycles. The summed E-state index contributed by atoms with van der Waals surface area (Å²) in [7, 11) is 1.41. The SMILES string of the molecule is COc1cc(-c2nc3cc(N4CC(F)C4)ccc3[nH]2)cc(O)c1O. The van der Waals surface area contributed by atoms with Crippen molar-refractivity contribution in [3.63, 3.8) is 0 Å². The third-order valence-corrected chi connectivity index (χ3v) is 4.22. The van der Waals surface area contributed by atoms with Gasteiger partial charge in [-0.05, 0) is 30.3 Å². The number of phenolic OH excluding ortho intramolecular Hbond substituents is 2. The van der Waals surface area contributed by atoms with Crippen molar-refractivity contribution in [1.82, 2.24) is 9.97 Å². The molecule has 1 saturated heterocycles. The van der Waals surface area contributed by atoms with E-state index in [1.54, 1.807) is 6.07 Å². The van der Waals surface area contributed by atoms with Gasteiger partial charge in [0.1, 0.15) is 12.0 Å². The van der Waals surface area contributed by atoms with Crippen LogP contribution in [-0.2, 0) is 0 Å². The number of fused-ring (bicyclic) bond motifs is 1. The molecule has 1 aliphatic heterocycles. The number of hydrogen-bond acceptors (Lipinski definition) is 5. The highest BCUT2D eigenvalue weighted by molar-refractivity contribution is 5.83. The first-order chi connectivity index (χ1) is 11.5. The molecule has 3 aromatic rings. The molecule has 0 spiro atoms. The molecule has 0 aliphatic carbocycles. The number of aromatic nitrogens is 2. The van der Waals surface area contributed by atoms with Gasteiger partial charge in [-0.25, -0.2) is 9.37 Å². The third kappa shape index (κ3) is 2.29. The Balaban J connectivity index is 1.74. The van der Waals surface area contributed by atoms with Crippen LogP contribution < -0.4 is 9.64 Å². The second-order valence-corrected chi connectivity index (χ2v) is 5.84.